The molecule has 0 radical (unpaired) electrons. The van der Waals surface area contributed by atoms with Crippen molar-refractivity contribution in [3.63, 3.8) is 0 Å². The molecule has 3 N–H and O–H groups in total. The molecule has 32 heavy (non-hydrogen) atoms. The largest absolute Gasteiger partial charge is 0.396 e. The summed E-state index contributed by atoms with van der Waals surface area (Å²) in [6.07, 6.45) is 16.9. The van der Waals surface area contributed by atoms with E-state index in [0.717, 1.165) is 29.7 Å². The highest BCUT2D eigenvalue weighted by Gasteiger charge is 2.51. The monoisotopic (exact) mass is 444 g/mol. The maximum atomic E-state index is 10.2. The fourth-order valence-corrected chi connectivity index (χ4v) is 7.39. The first-order chi connectivity index (χ1) is 15.3. The predicted molar refractivity (Wildman–Crippen MR) is 133 cm³/mol. The summed E-state index contributed by atoms with van der Waals surface area (Å²) in [7, 11) is 0. The van der Waals surface area contributed by atoms with Crippen LogP contribution in [0.15, 0.2) is 35.5 Å². The third-order valence-corrected chi connectivity index (χ3v) is 9.38. The number of hydrogen-bond donors (Lipinski definition) is 3. The fourth-order valence-electron chi connectivity index (χ4n) is 7.39. The van der Waals surface area contributed by atoms with Gasteiger partial charge in [0.1, 0.15) is 0 Å². The highest BCUT2D eigenvalue weighted by molar-refractivity contribution is 5.29. The minimum atomic E-state index is -0.615. The summed E-state index contributed by atoms with van der Waals surface area (Å²) >= 11 is 0. The van der Waals surface area contributed by atoms with Crippen LogP contribution in [0, 0.1) is 29.1 Å². The average Bonchev–Trinajstić information content (AvgIpc) is 3.13. The molecule has 3 fully saturated rings. The average molecular weight is 445 g/mol. The van der Waals surface area contributed by atoms with E-state index in [1.807, 2.05) is 0 Å². The van der Waals surface area contributed by atoms with Crippen LogP contribution in [0.2, 0.25) is 0 Å². The molecular formula is C29H48O3. The minimum absolute atomic E-state index is 0.318. The van der Waals surface area contributed by atoms with E-state index in [-0.39, 0.29) is 0 Å². The van der Waals surface area contributed by atoms with Crippen LogP contribution in [0.3, 0.4) is 0 Å². The van der Waals surface area contributed by atoms with Gasteiger partial charge in [-0.05, 0) is 92.4 Å². The summed E-state index contributed by atoms with van der Waals surface area (Å²) in [6.45, 7) is 11.5. The van der Waals surface area contributed by atoms with Crippen LogP contribution in [0.25, 0.3) is 0 Å². The zero-order valence-electron chi connectivity index (χ0n) is 20.9. The fraction of sp³-hybridized carbons (Fsp3) is 0.793. The lowest BCUT2D eigenvalue weighted by molar-refractivity contribution is 0.0650. The van der Waals surface area contributed by atoms with Gasteiger partial charge in [-0.15, -0.1) is 0 Å². The summed E-state index contributed by atoms with van der Waals surface area (Å²) in [5.74, 6) is 2.89. The van der Waals surface area contributed by atoms with Crippen molar-refractivity contribution in [1.82, 2.24) is 0 Å². The van der Waals surface area contributed by atoms with Crippen molar-refractivity contribution in [3.8, 4) is 0 Å². The van der Waals surface area contributed by atoms with Crippen molar-refractivity contribution in [3.05, 3.63) is 35.5 Å². The third kappa shape index (κ3) is 5.59. The summed E-state index contributed by atoms with van der Waals surface area (Å²) in [6, 6.07) is 0. The van der Waals surface area contributed by atoms with E-state index < -0.39 is 12.2 Å². The van der Waals surface area contributed by atoms with Crippen molar-refractivity contribution in [2.75, 3.05) is 6.61 Å². The lowest BCUT2D eigenvalue weighted by Gasteiger charge is -2.46. The molecule has 0 amide bonds. The van der Waals surface area contributed by atoms with E-state index in [4.69, 9.17) is 0 Å². The lowest BCUT2D eigenvalue weighted by Crippen LogP contribution is -2.38. The van der Waals surface area contributed by atoms with Crippen molar-refractivity contribution in [1.29, 1.82) is 0 Å². The molecule has 0 aromatic heterocycles. The van der Waals surface area contributed by atoms with Gasteiger partial charge in [0.25, 0.3) is 0 Å². The first-order valence-electron chi connectivity index (χ1n) is 13.4. The van der Waals surface area contributed by atoms with Crippen molar-refractivity contribution in [2.45, 2.75) is 110 Å². The molecule has 3 rings (SSSR count). The zero-order chi connectivity index (χ0) is 23.3. The van der Waals surface area contributed by atoms with E-state index >= 15 is 0 Å². The first-order valence-corrected chi connectivity index (χ1v) is 13.4. The van der Waals surface area contributed by atoms with Crippen LogP contribution < -0.4 is 0 Å². The quantitative estimate of drug-likeness (QED) is 0.364. The normalized spacial score (nSPS) is 36.2. The van der Waals surface area contributed by atoms with Gasteiger partial charge >= 0.3 is 0 Å². The Morgan fingerprint density at radius 2 is 1.78 bits per heavy atom. The molecule has 3 nitrogen and oxygen atoms in total. The molecule has 0 heterocycles. The van der Waals surface area contributed by atoms with E-state index in [1.54, 1.807) is 5.57 Å². The van der Waals surface area contributed by atoms with E-state index in [2.05, 4.69) is 39.5 Å². The number of rotatable bonds is 9. The predicted octanol–water partition coefficient (Wildman–Crippen LogP) is 6.34. The number of allylic oxidation sites excluding steroid dienone is 3. The Labute approximate surface area is 196 Å². The molecule has 3 heteroatoms. The molecule has 0 unspecified atom stereocenters. The number of unbranched alkanes of at least 4 members (excludes halogenated alkanes) is 1. The van der Waals surface area contributed by atoms with E-state index in [9.17, 15) is 15.3 Å². The van der Waals surface area contributed by atoms with Gasteiger partial charge in [0.2, 0.25) is 0 Å². The molecular weight excluding hydrogens is 396 g/mol. The topological polar surface area (TPSA) is 60.7 Å². The number of aliphatic hydroxyl groups excluding tert-OH is 3. The SMILES string of the molecule is C=C1[C@H](O)CC(=C/C=C2\CCC[C@]3(C)[C@@H]([C@H](C)[C@H](CCCC)CCCO)CC[C@@H]23)C[C@H]1O. The zero-order valence-corrected chi connectivity index (χ0v) is 20.9. The van der Waals surface area contributed by atoms with Gasteiger partial charge in [-0.2, -0.15) is 0 Å². The molecule has 7 atom stereocenters. The van der Waals surface area contributed by atoms with Gasteiger partial charge in [-0.3, -0.25) is 0 Å². The Hall–Kier alpha value is -0.900. The summed E-state index contributed by atoms with van der Waals surface area (Å²) in [5, 5.41) is 29.8. The third-order valence-electron chi connectivity index (χ3n) is 9.38. The Kier molecular flexibility index (Phi) is 9.23. The van der Waals surface area contributed by atoms with Crippen LogP contribution >= 0.6 is 0 Å². The molecule has 3 saturated carbocycles. The van der Waals surface area contributed by atoms with Gasteiger partial charge in [0.05, 0.1) is 12.2 Å². The van der Waals surface area contributed by atoms with Crippen molar-refractivity contribution in [2.24, 2.45) is 29.1 Å². The molecule has 3 aliphatic carbocycles. The molecule has 0 aliphatic heterocycles. The van der Waals surface area contributed by atoms with Crippen LogP contribution in [0.1, 0.15) is 97.8 Å². The molecule has 0 aromatic carbocycles. The number of hydrogen-bond acceptors (Lipinski definition) is 3. The maximum absolute atomic E-state index is 10.2. The molecule has 0 aromatic rings. The van der Waals surface area contributed by atoms with Gasteiger partial charge in [-0.25, -0.2) is 0 Å². The van der Waals surface area contributed by atoms with Crippen LogP contribution in [-0.2, 0) is 0 Å². The van der Waals surface area contributed by atoms with Gasteiger partial charge < -0.3 is 15.3 Å². The smallest absolute Gasteiger partial charge is 0.0809 e. The lowest BCUT2D eigenvalue weighted by atomic mass is 9.59. The van der Waals surface area contributed by atoms with Crippen molar-refractivity contribution >= 4 is 0 Å². The Morgan fingerprint density at radius 1 is 1.09 bits per heavy atom. The number of aliphatic hydroxyl groups is 3. The maximum Gasteiger partial charge on any atom is 0.0809 e. The summed E-state index contributed by atoms with van der Waals surface area (Å²) < 4.78 is 0. The van der Waals surface area contributed by atoms with Gasteiger partial charge in [0, 0.05) is 6.61 Å². The molecule has 0 saturated heterocycles. The van der Waals surface area contributed by atoms with E-state index in [0.29, 0.717) is 36.4 Å². The van der Waals surface area contributed by atoms with E-state index in [1.165, 1.54) is 57.8 Å². The molecule has 182 valence electrons. The molecule has 0 bridgehead atoms. The highest BCUT2D eigenvalue weighted by atomic mass is 16.3. The minimum Gasteiger partial charge on any atom is -0.396 e. The summed E-state index contributed by atoms with van der Waals surface area (Å²) in [4.78, 5) is 0. The second-order valence-electron chi connectivity index (χ2n) is 11.3. The van der Waals surface area contributed by atoms with Crippen LogP contribution in [0.4, 0.5) is 0 Å². The molecule has 3 aliphatic rings. The molecule has 0 spiro atoms. The second-order valence-corrected chi connectivity index (χ2v) is 11.3. The summed E-state index contributed by atoms with van der Waals surface area (Å²) in [5.41, 5.74) is 3.68. The Bertz CT molecular complexity index is 669. The van der Waals surface area contributed by atoms with Crippen LogP contribution in [-0.4, -0.2) is 34.1 Å². The second kappa shape index (κ2) is 11.5. The Morgan fingerprint density at radius 3 is 2.44 bits per heavy atom. The standard InChI is InChI=1S/C29H48O3/c1-5-6-9-23(11-8-17-30)20(2)25-14-15-26-24(10-7-16-29(25,26)4)13-12-22-18-27(31)21(3)28(32)19-22/h12-13,20,23,25-28,30-32H,3,5-11,14-19H2,1-2,4H3/b24-13+/t20-,23-,25-,26+,27-,28-,29-/m1/s1. The highest BCUT2D eigenvalue weighted by Crippen LogP contribution is 2.60. The first kappa shape index (κ1) is 25.7. The Balaban J connectivity index is 1.74. The van der Waals surface area contributed by atoms with Gasteiger partial charge in [-0.1, -0.05) is 69.9 Å². The number of fused-ring (bicyclic) bond motifs is 1. The van der Waals surface area contributed by atoms with Crippen molar-refractivity contribution < 1.29 is 15.3 Å². The van der Waals surface area contributed by atoms with Gasteiger partial charge in [0.15, 0.2) is 0 Å². The van der Waals surface area contributed by atoms with Crippen LogP contribution in [0.5, 0.6) is 0 Å².